The first-order chi connectivity index (χ1) is 14.3. The Morgan fingerprint density at radius 2 is 1.90 bits per heavy atom. The van der Waals surface area contributed by atoms with Crippen LogP contribution in [0.3, 0.4) is 0 Å². The fraction of sp³-hybridized carbons (Fsp3) is 0.182. The molecule has 2 atom stereocenters. The molecule has 0 fully saturated rings. The molecule has 3 heterocycles. The van der Waals surface area contributed by atoms with E-state index in [4.69, 9.17) is 0 Å². The van der Waals surface area contributed by atoms with Crippen LogP contribution in [0.15, 0.2) is 65.8 Å². The molecular formula is C22H18FN3O3S. The first-order valence-corrected chi connectivity index (χ1v) is 11.3. The summed E-state index contributed by atoms with van der Waals surface area (Å²) in [5.74, 6) is 0.0277. The third-order valence-electron chi connectivity index (χ3n) is 5.47. The summed E-state index contributed by atoms with van der Waals surface area (Å²) in [4.78, 5) is 8.44. The van der Waals surface area contributed by atoms with Crippen LogP contribution in [0.1, 0.15) is 30.0 Å². The van der Waals surface area contributed by atoms with Crippen molar-refractivity contribution in [3.63, 3.8) is 0 Å². The second kappa shape index (κ2) is 6.72. The van der Waals surface area contributed by atoms with Gasteiger partial charge in [-0.3, -0.25) is 0 Å². The molecule has 0 spiro atoms. The topological polar surface area (TPSA) is 85.1 Å². The summed E-state index contributed by atoms with van der Waals surface area (Å²) in [5.41, 5.74) is 2.98. The van der Waals surface area contributed by atoms with Crippen LogP contribution in [-0.4, -0.2) is 34.3 Å². The highest BCUT2D eigenvalue weighted by molar-refractivity contribution is 7.90. The lowest BCUT2D eigenvalue weighted by atomic mass is 10.0. The van der Waals surface area contributed by atoms with Gasteiger partial charge in [0.1, 0.15) is 17.7 Å². The molecule has 152 valence electrons. The smallest absolute Gasteiger partial charge is 0.192 e. The van der Waals surface area contributed by atoms with E-state index in [0.717, 1.165) is 11.8 Å². The number of aromatic nitrogens is 3. The molecule has 0 bridgehead atoms. The molecule has 2 aromatic carbocycles. The molecular weight excluding hydrogens is 405 g/mol. The molecule has 1 aliphatic rings. The van der Waals surface area contributed by atoms with Crippen molar-refractivity contribution in [2.75, 3.05) is 6.26 Å². The van der Waals surface area contributed by atoms with Gasteiger partial charge < -0.3 is 9.67 Å². The van der Waals surface area contributed by atoms with Crippen LogP contribution in [0.4, 0.5) is 4.39 Å². The molecule has 4 aromatic rings. The summed E-state index contributed by atoms with van der Waals surface area (Å²) in [7, 11) is -3.44. The molecule has 1 aliphatic heterocycles. The Kier molecular flexibility index (Phi) is 4.23. The number of aliphatic hydroxyl groups excluding tert-OH is 1. The van der Waals surface area contributed by atoms with E-state index in [2.05, 4.69) is 9.97 Å². The number of rotatable bonds is 3. The van der Waals surface area contributed by atoms with Gasteiger partial charge in [0.25, 0.3) is 0 Å². The number of sulfone groups is 1. The highest BCUT2D eigenvalue weighted by atomic mass is 32.2. The lowest BCUT2D eigenvalue weighted by Crippen LogP contribution is -2.05. The Morgan fingerprint density at radius 1 is 1.13 bits per heavy atom. The Balaban J connectivity index is 1.67. The van der Waals surface area contributed by atoms with E-state index < -0.39 is 21.8 Å². The minimum atomic E-state index is -3.44. The average molecular weight is 423 g/mol. The van der Waals surface area contributed by atoms with E-state index in [1.807, 2.05) is 34.9 Å². The van der Waals surface area contributed by atoms with Gasteiger partial charge in [-0.05, 0) is 23.8 Å². The predicted molar refractivity (Wildman–Crippen MR) is 110 cm³/mol. The van der Waals surface area contributed by atoms with Gasteiger partial charge in [0, 0.05) is 36.1 Å². The molecule has 6 nitrogen and oxygen atoms in total. The molecule has 0 unspecified atom stereocenters. The summed E-state index contributed by atoms with van der Waals surface area (Å²) in [5, 5.41) is 10.5. The van der Waals surface area contributed by atoms with E-state index in [1.54, 1.807) is 12.1 Å². The van der Waals surface area contributed by atoms with Crippen molar-refractivity contribution in [1.29, 1.82) is 0 Å². The monoisotopic (exact) mass is 423 g/mol. The third-order valence-corrected chi connectivity index (χ3v) is 6.47. The molecule has 2 aromatic heterocycles. The summed E-state index contributed by atoms with van der Waals surface area (Å²) >= 11 is 0. The summed E-state index contributed by atoms with van der Waals surface area (Å²) in [6.45, 7) is 0. The highest BCUT2D eigenvalue weighted by Gasteiger charge is 2.34. The molecule has 1 N–H and O–H groups in total. The molecule has 8 heteroatoms. The number of benzene rings is 2. The largest absolute Gasteiger partial charge is 0.385 e. The van der Waals surface area contributed by atoms with E-state index in [0.29, 0.717) is 34.4 Å². The normalized spacial score (nSPS) is 18.6. The van der Waals surface area contributed by atoms with Crippen molar-refractivity contribution < 1.29 is 17.9 Å². The van der Waals surface area contributed by atoms with Crippen LogP contribution in [0.5, 0.6) is 0 Å². The number of fused-ring (bicyclic) bond motifs is 3. The van der Waals surface area contributed by atoms with Crippen LogP contribution in [0.2, 0.25) is 0 Å². The number of halogens is 1. The lowest BCUT2D eigenvalue weighted by molar-refractivity contribution is 0.172. The molecule has 0 saturated carbocycles. The minimum absolute atomic E-state index is 0.0646. The Hall–Kier alpha value is -3.10. The zero-order valence-corrected chi connectivity index (χ0v) is 16.8. The highest BCUT2D eigenvalue weighted by Crippen LogP contribution is 2.42. The number of imidazole rings is 1. The van der Waals surface area contributed by atoms with Crippen molar-refractivity contribution in [2.45, 2.75) is 23.6 Å². The zero-order valence-electron chi connectivity index (χ0n) is 16.0. The van der Waals surface area contributed by atoms with E-state index in [-0.39, 0.29) is 11.1 Å². The van der Waals surface area contributed by atoms with Gasteiger partial charge in [-0.25, -0.2) is 22.8 Å². The van der Waals surface area contributed by atoms with Gasteiger partial charge in [0.15, 0.2) is 14.9 Å². The van der Waals surface area contributed by atoms with E-state index in [1.165, 1.54) is 18.3 Å². The number of hydrogen-bond donors (Lipinski definition) is 1. The fourth-order valence-corrected chi connectivity index (χ4v) is 4.62. The second-order valence-corrected chi connectivity index (χ2v) is 9.46. The first-order valence-electron chi connectivity index (χ1n) is 9.44. The summed E-state index contributed by atoms with van der Waals surface area (Å²) < 4.78 is 40.1. The minimum Gasteiger partial charge on any atom is -0.385 e. The Morgan fingerprint density at radius 3 is 2.57 bits per heavy atom. The van der Waals surface area contributed by atoms with Gasteiger partial charge in [-0.1, -0.05) is 30.3 Å². The lowest BCUT2D eigenvalue weighted by Gasteiger charge is -2.15. The van der Waals surface area contributed by atoms with Gasteiger partial charge in [-0.2, -0.15) is 0 Å². The predicted octanol–water partition coefficient (Wildman–Crippen LogP) is 3.67. The molecule has 0 radical (unpaired) electrons. The molecule has 0 aliphatic carbocycles. The number of nitrogens with zero attached hydrogens (tertiary/aromatic N) is 3. The Bertz CT molecular complexity index is 1370. The zero-order chi connectivity index (χ0) is 21.0. The summed E-state index contributed by atoms with van der Waals surface area (Å²) in [6.07, 6.45) is 2.20. The standard InChI is InChI=1S/C22H18FN3O3S/c1-30(28,29)21-8-7-14(12-24-21)15-9-19-17(10-16(15)23)25-22-20(27)11-18(26(19)22)13-5-3-2-4-6-13/h2-10,12,18,20,27H,11H2,1H3/t18-,20-/m0/s1. The van der Waals surface area contributed by atoms with Gasteiger partial charge in [-0.15, -0.1) is 0 Å². The van der Waals surface area contributed by atoms with Gasteiger partial charge in [0.05, 0.1) is 17.1 Å². The number of pyridine rings is 1. The third kappa shape index (κ3) is 3.00. The van der Waals surface area contributed by atoms with Crippen LogP contribution in [0.25, 0.3) is 22.2 Å². The quantitative estimate of drug-likeness (QED) is 0.544. The average Bonchev–Trinajstić information content (AvgIpc) is 3.24. The molecule has 30 heavy (non-hydrogen) atoms. The SMILES string of the molecule is CS(=O)(=O)c1ccc(-c2cc3c(cc2F)nc2n3[C@H](c3ccccc3)C[C@@H]2O)cn1. The van der Waals surface area contributed by atoms with Crippen molar-refractivity contribution in [1.82, 2.24) is 14.5 Å². The van der Waals surface area contributed by atoms with Crippen LogP contribution in [-0.2, 0) is 9.84 Å². The maximum absolute atomic E-state index is 14.9. The second-order valence-electron chi connectivity index (χ2n) is 7.50. The van der Waals surface area contributed by atoms with E-state index in [9.17, 15) is 17.9 Å². The maximum atomic E-state index is 14.9. The first kappa shape index (κ1) is 18.9. The number of aliphatic hydroxyl groups is 1. The van der Waals surface area contributed by atoms with E-state index >= 15 is 0 Å². The fourth-order valence-electron chi connectivity index (χ4n) is 4.06. The van der Waals surface area contributed by atoms with Gasteiger partial charge >= 0.3 is 0 Å². The summed E-state index contributed by atoms with van der Waals surface area (Å²) in [6, 6.07) is 15.6. The van der Waals surface area contributed by atoms with Crippen molar-refractivity contribution in [3.8, 4) is 11.1 Å². The molecule has 0 saturated heterocycles. The van der Waals surface area contributed by atoms with Crippen LogP contribution < -0.4 is 0 Å². The van der Waals surface area contributed by atoms with Crippen LogP contribution in [0, 0.1) is 5.82 Å². The van der Waals surface area contributed by atoms with Crippen molar-refractivity contribution in [3.05, 3.63) is 78.0 Å². The van der Waals surface area contributed by atoms with Crippen molar-refractivity contribution >= 4 is 20.9 Å². The Labute approximate surface area is 172 Å². The number of hydrogen-bond acceptors (Lipinski definition) is 5. The maximum Gasteiger partial charge on any atom is 0.192 e. The van der Waals surface area contributed by atoms with Gasteiger partial charge in [0.2, 0.25) is 0 Å². The van der Waals surface area contributed by atoms with Crippen molar-refractivity contribution in [2.24, 2.45) is 0 Å². The molecule has 5 rings (SSSR count). The van der Waals surface area contributed by atoms with Crippen LogP contribution >= 0.6 is 0 Å². The molecule has 0 amide bonds.